The maximum atomic E-state index is 5.79. The van der Waals surface area contributed by atoms with Crippen molar-refractivity contribution in [1.29, 1.82) is 0 Å². The predicted octanol–water partition coefficient (Wildman–Crippen LogP) is 1.10. The average Bonchev–Trinajstić information content (AvgIpc) is 2.15. The van der Waals surface area contributed by atoms with E-state index in [0.29, 0.717) is 6.10 Å². The Hall–Kier alpha value is -0.120. The van der Waals surface area contributed by atoms with Gasteiger partial charge in [-0.1, -0.05) is 6.42 Å². The number of nitrogens with one attached hydrogen (secondary N) is 1. The Morgan fingerprint density at radius 1 is 1.40 bits per heavy atom. The van der Waals surface area contributed by atoms with Crippen molar-refractivity contribution in [2.75, 3.05) is 33.8 Å². The van der Waals surface area contributed by atoms with Crippen LogP contribution in [0, 0.1) is 5.92 Å². The summed E-state index contributed by atoms with van der Waals surface area (Å²) in [6, 6.07) is 0.726. The summed E-state index contributed by atoms with van der Waals surface area (Å²) >= 11 is 0. The van der Waals surface area contributed by atoms with Crippen molar-refractivity contribution >= 4 is 0 Å². The molecule has 0 aromatic rings. The molecule has 0 bridgehead atoms. The number of hydrogen-bond acceptors (Lipinski definition) is 3. The molecule has 0 amide bonds. The van der Waals surface area contributed by atoms with Gasteiger partial charge in [-0.2, -0.15) is 0 Å². The van der Waals surface area contributed by atoms with Gasteiger partial charge in [0.2, 0.25) is 0 Å². The summed E-state index contributed by atoms with van der Waals surface area (Å²) in [6.45, 7) is 2.94. The monoisotopic (exact) mass is 212 g/mol. The molecule has 0 radical (unpaired) electrons. The normalized spacial score (nSPS) is 30.2. The molecule has 0 spiro atoms. The molecule has 2 fully saturated rings. The Morgan fingerprint density at radius 3 is 2.67 bits per heavy atom. The standard InChI is InChI=1S/C12H24N2O/c1-14(2)12(10-4-3-5-10)8-11-9-13-6-7-15-11/h10-13H,3-9H2,1-2H3. The topological polar surface area (TPSA) is 24.5 Å². The lowest BCUT2D eigenvalue weighted by molar-refractivity contribution is -0.00522. The van der Waals surface area contributed by atoms with Gasteiger partial charge in [0.05, 0.1) is 12.7 Å². The maximum absolute atomic E-state index is 5.79. The molecule has 2 unspecified atom stereocenters. The summed E-state index contributed by atoms with van der Waals surface area (Å²) < 4.78 is 5.79. The van der Waals surface area contributed by atoms with Gasteiger partial charge in [-0.15, -0.1) is 0 Å². The van der Waals surface area contributed by atoms with Crippen molar-refractivity contribution in [3.05, 3.63) is 0 Å². The maximum Gasteiger partial charge on any atom is 0.0715 e. The summed E-state index contributed by atoms with van der Waals surface area (Å²) in [4.78, 5) is 2.39. The van der Waals surface area contributed by atoms with E-state index >= 15 is 0 Å². The van der Waals surface area contributed by atoms with E-state index in [2.05, 4.69) is 24.3 Å². The molecule has 1 saturated carbocycles. The minimum Gasteiger partial charge on any atom is -0.376 e. The van der Waals surface area contributed by atoms with Gasteiger partial charge in [0, 0.05) is 19.1 Å². The van der Waals surface area contributed by atoms with Crippen molar-refractivity contribution in [2.24, 2.45) is 5.92 Å². The van der Waals surface area contributed by atoms with Crippen LogP contribution in [0.2, 0.25) is 0 Å². The predicted molar refractivity (Wildman–Crippen MR) is 62.0 cm³/mol. The van der Waals surface area contributed by atoms with Crippen molar-refractivity contribution in [1.82, 2.24) is 10.2 Å². The highest BCUT2D eigenvalue weighted by atomic mass is 16.5. The second-order valence-electron chi connectivity index (χ2n) is 5.15. The van der Waals surface area contributed by atoms with Crippen LogP contribution in [0.15, 0.2) is 0 Å². The second kappa shape index (κ2) is 5.28. The lowest BCUT2D eigenvalue weighted by atomic mass is 9.77. The van der Waals surface area contributed by atoms with Crippen molar-refractivity contribution in [3.8, 4) is 0 Å². The SMILES string of the molecule is CN(C)C(CC1CNCCO1)C1CCC1. The highest BCUT2D eigenvalue weighted by Crippen LogP contribution is 2.33. The Morgan fingerprint density at radius 2 is 2.20 bits per heavy atom. The Balaban J connectivity index is 1.81. The zero-order valence-electron chi connectivity index (χ0n) is 10.0. The molecule has 1 aliphatic heterocycles. The van der Waals surface area contributed by atoms with E-state index in [1.54, 1.807) is 0 Å². The van der Waals surface area contributed by atoms with E-state index in [0.717, 1.165) is 31.7 Å². The first-order chi connectivity index (χ1) is 7.27. The van der Waals surface area contributed by atoms with E-state index in [-0.39, 0.29) is 0 Å². The van der Waals surface area contributed by atoms with Gasteiger partial charge >= 0.3 is 0 Å². The van der Waals surface area contributed by atoms with Crippen molar-refractivity contribution in [2.45, 2.75) is 37.8 Å². The first-order valence-corrected chi connectivity index (χ1v) is 6.26. The third-order valence-corrected chi connectivity index (χ3v) is 3.87. The van der Waals surface area contributed by atoms with E-state index < -0.39 is 0 Å². The largest absolute Gasteiger partial charge is 0.376 e. The summed E-state index contributed by atoms with van der Waals surface area (Å²) in [6.07, 6.45) is 5.90. The third kappa shape index (κ3) is 2.92. The van der Waals surface area contributed by atoms with Crippen LogP contribution in [-0.2, 0) is 4.74 Å². The molecule has 2 aliphatic rings. The van der Waals surface area contributed by atoms with Gasteiger partial charge in [-0.25, -0.2) is 0 Å². The molecule has 1 heterocycles. The molecule has 2 atom stereocenters. The third-order valence-electron chi connectivity index (χ3n) is 3.87. The van der Waals surface area contributed by atoms with E-state index in [1.165, 1.54) is 25.7 Å². The number of ether oxygens (including phenoxy) is 1. The number of rotatable bonds is 4. The molecule has 3 heteroatoms. The first-order valence-electron chi connectivity index (χ1n) is 6.26. The van der Waals surface area contributed by atoms with Crippen LogP contribution < -0.4 is 5.32 Å². The molecule has 88 valence electrons. The van der Waals surface area contributed by atoms with Crippen LogP contribution >= 0.6 is 0 Å². The van der Waals surface area contributed by atoms with Crippen molar-refractivity contribution < 1.29 is 4.74 Å². The summed E-state index contributed by atoms with van der Waals surface area (Å²) in [5, 5.41) is 3.41. The molecule has 1 saturated heterocycles. The fourth-order valence-corrected chi connectivity index (χ4v) is 2.69. The number of nitrogens with zero attached hydrogens (tertiary/aromatic N) is 1. The molecular weight excluding hydrogens is 188 g/mol. The summed E-state index contributed by atoms with van der Waals surface area (Å²) in [5.74, 6) is 0.922. The fraction of sp³-hybridized carbons (Fsp3) is 1.00. The highest BCUT2D eigenvalue weighted by molar-refractivity contribution is 4.85. The molecule has 0 aromatic carbocycles. The Kier molecular flexibility index (Phi) is 4.00. The van der Waals surface area contributed by atoms with Crippen LogP contribution in [0.4, 0.5) is 0 Å². The van der Waals surface area contributed by atoms with Crippen LogP contribution in [0.25, 0.3) is 0 Å². The molecule has 2 rings (SSSR count). The zero-order chi connectivity index (χ0) is 10.7. The Bertz CT molecular complexity index is 186. The van der Waals surface area contributed by atoms with Gasteiger partial charge in [0.25, 0.3) is 0 Å². The van der Waals surface area contributed by atoms with Crippen LogP contribution in [0.1, 0.15) is 25.7 Å². The van der Waals surface area contributed by atoms with Gasteiger partial charge in [0.1, 0.15) is 0 Å². The van der Waals surface area contributed by atoms with Gasteiger partial charge in [-0.05, 0) is 39.3 Å². The fourth-order valence-electron chi connectivity index (χ4n) is 2.69. The van der Waals surface area contributed by atoms with E-state index in [4.69, 9.17) is 4.74 Å². The quantitative estimate of drug-likeness (QED) is 0.755. The van der Waals surface area contributed by atoms with Crippen LogP contribution in [0.3, 0.4) is 0 Å². The summed E-state index contributed by atoms with van der Waals surface area (Å²) in [7, 11) is 4.42. The minimum atomic E-state index is 0.437. The first kappa shape index (κ1) is 11.4. The molecule has 1 aliphatic carbocycles. The van der Waals surface area contributed by atoms with Gasteiger partial charge < -0.3 is 15.0 Å². The Labute approximate surface area is 93.2 Å². The van der Waals surface area contributed by atoms with Gasteiger partial charge in [-0.3, -0.25) is 0 Å². The molecule has 3 nitrogen and oxygen atoms in total. The lowest BCUT2D eigenvalue weighted by Crippen LogP contribution is -2.46. The van der Waals surface area contributed by atoms with Crippen LogP contribution in [-0.4, -0.2) is 50.8 Å². The highest BCUT2D eigenvalue weighted by Gasteiger charge is 2.31. The number of hydrogen-bond donors (Lipinski definition) is 1. The number of morpholine rings is 1. The smallest absolute Gasteiger partial charge is 0.0715 e. The van der Waals surface area contributed by atoms with Crippen molar-refractivity contribution in [3.63, 3.8) is 0 Å². The average molecular weight is 212 g/mol. The van der Waals surface area contributed by atoms with Gasteiger partial charge in [0.15, 0.2) is 0 Å². The molecular formula is C12H24N2O. The zero-order valence-corrected chi connectivity index (χ0v) is 10.0. The minimum absolute atomic E-state index is 0.437. The lowest BCUT2D eigenvalue weighted by Gasteiger charge is -2.40. The second-order valence-corrected chi connectivity index (χ2v) is 5.15. The molecule has 1 N–H and O–H groups in total. The van der Waals surface area contributed by atoms with E-state index in [9.17, 15) is 0 Å². The molecule has 0 aromatic heterocycles. The van der Waals surface area contributed by atoms with E-state index in [1.807, 2.05) is 0 Å². The summed E-state index contributed by atoms with van der Waals surface area (Å²) in [5.41, 5.74) is 0. The van der Waals surface area contributed by atoms with Crippen LogP contribution in [0.5, 0.6) is 0 Å². The molecule has 15 heavy (non-hydrogen) atoms.